The molecule has 2 aromatic rings. The van der Waals surface area contributed by atoms with Gasteiger partial charge in [-0.3, -0.25) is 0 Å². The van der Waals surface area contributed by atoms with Crippen LogP contribution in [0.2, 0.25) is 10.0 Å². The van der Waals surface area contributed by atoms with E-state index in [1.165, 1.54) is 0 Å². The maximum atomic E-state index is 11.9. The number of nitrogens with zero attached hydrogens (tertiary/aromatic N) is 3. The van der Waals surface area contributed by atoms with E-state index in [0.717, 1.165) is 5.56 Å². The van der Waals surface area contributed by atoms with Gasteiger partial charge in [-0.2, -0.15) is 5.10 Å². The summed E-state index contributed by atoms with van der Waals surface area (Å²) in [6.45, 7) is 0.285. The van der Waals surface area contributed by atoms with Crippen LogP contribution in [0.25, 0.3) is 5.57 Å². The fourth-order valence-electron chi connectivity index (χ4n) is 2.70. The number of benzene rings is 2. The molecule has 9 heteroatoms. The molecule has 0 aliphatic carbocycles. The molecular formula is C18H13Cl2N3O3S. The first kappa shape index (κ1) is 18.0. The van der Waals surface area contributed by atoms with Gasteiger partial charge >= 0.3 is 0 Å². The number of hydrazone groups is 1. The van der Waals surface area contributed by atoms with E-state index in [1.54, 1.807) is 47.6 Å². The summed E-state index contributed by atoms with van der Waals surface area (Å²) in [5, 5.41) is 6.63. The van der Waals surface area contributed by atoms with E-state index in [2.05, 4.69) is 9.50 Å². The van der Waals surface area contributed by atoms with Crippen LogP contribution in [0.3, 0.4) is 0 Å². The van der Waals surface area contributed by atoms with Gasteiger partial charge in [0.05, 0.1) is 22.3 Å². The van der Waals surface area contributed by atoms with E-state index in [1.807, 2.05) is 12.1 Å². The molecule has 2 heterocycles. The van der Waals surface area contributed by atoms with Crippen molar-refractivity contribution in [2.24, 2.45) is 9.50 Å². The lowest BCUT2D eigenvalue weighted by atomic mass is 10.0. The van der Waals surface area contributed by atoms with Crippen LogP contribution in [-0.4, -0.2) is 37.8 Å². The standard InChI is InChI=1S/C18H13Cl2N3O3S/c19-16-6-5-14(11-17(16)20)26-13-3-1-12(2-4-13)15-7-8-21-23-9-10-27(24,25)22-18(15)23/h1-8,11H,9-10H2. The minimum Gasteiger partial charge on any atom is -0.457 e. The van der Waals surface area contributed by atoms with E-state index in [9.17, 15) is 8.42 Å². The number of amidine groups is 1. The Morgan fingerprint density at radius 2 is 1.74 bits per heavy atom. The second-order valence-electron chi connectivity index (χ2n) is 5.87. The Morgan fingerprint density at radius 3 is 2.48 bits per heavy atom. The minimum absolute atomic E-state index is 0.0441. The molecule has 0 atom stereocenters. The molecule has 138 valence electrons. The van der Waals surface area contributed by atoms with Gasteiger partial charge in [0.1, 0.15) is 11.5 Å². The molecule has 27 heavy (non-hydrogen) atoms. The number of ether oxygens (including phenoxy) is 1. The van der Waals surface area contributed by atoms with Gasteiger partial charge in [-0.25, -0.2) is 13.4 Å². The van der Waals surface area contributed by atoms with Crippen molar-refractivity contribution in [1.29, 1.82) is 0 Å². The number of rotatable bonds is 3. The molecule has 0 radical (unpaired) electrons. The van der Waals surface area contributed by atoms with Gasteiger partial charge in [0.2, 0.25) is 0 Å². The number of sulfonamides is 1. The summed E-state index contributed by atoms with van der Waals surface area (Å²) < 4.78 is 33.4. The fourth-order valence-corrected chi connectivity index (χ4v) is 3.94. The van der Waals surface area contributed by atoms with Gasteiger partial charge in [-0.15, -0.1) is 4.40 Å². The van der Waals surface area contributed by atoms with Crippen LogP contribution in [0.4, 0.5) is 0 Å². The van der Waals surface area contributed by atoms with Crippen molar-refractivity contribution in [1.82, 2.24) is 5.01 Å². The molecule has 0 unspecified atom stereocenters. The zero-order valence-corrected chi connectivity index (χ0v) is 16.2. The lowest BCUT2D eigenvalue weighted by molar-refractivity contribution is 0.464. The van der Waals surface area contributed by atoms with Gasteiger partial charge in [-0.05, 0) is 35.9 Å². The second kappa shape index (κ2) is 6.99. The summed E-state index contributed by atoms with van der Waals surface area (Å²) in [7, 11) is -3.47. The van der Waals surface area contributed by atoms with Crippen LogP contribution in [0.1, 0.15) is 5.56 Å². The number of fused-ring (bicyclic) bond motifs is 1. The summed E-state index contributed by atoms with van der Waals surface area (Å²) in [4.78, 5) is 0. The summed E-state index contributed by atoms with van der Waals surface area (Å²) in [5.41, 5.74) is 1.50. The molecule has 0 amide bonds. The molecule has 0 N–H and O–H groups in total. The van der Waals surface area contributed by atoms with Crippen LogP contribution in [-0.2, 0) is 10.0 Å². The third kappa shape index (κ3) is 3.85. The molecule has 0 saturated heterocycles. The maximum Gasteiger partial charge on any atom is 0.256 e. The highest BCUT2D eigenvalue weighted by Crippen LogP contribution is 2.31. The predicted molar refractivity (Wildman–Crippen MR) is 107 cm³/mol. The van der Waals surface area contributed by atoms with Crippen LogP contribution in [0.5, 0.6) is 11.5 Å². The number of allylic oxidation sites excluding steroid dienone is 1. The third-order valence-corrected chi connectivity index (χ3v) is 5.90. The van der Waals surface area contributed by atoms with Crippen molar-refractivity contribution in [3.8, 4) is 11.5 Å². The van der Waals surface area contributed by atoms with Crippen molar-refractivity contribution in [3.63, 3.8) is 0 Å². The van der Waals surface area contributed by atoms with Gasteiger partial charge in [0.25, 0.3) is 10.0 Å². The molecule has 4 rings (SSSR count). The molecule has 0 saturated carbocycles. The summed E-state index contributed by atoms with van der Waals surface area (Å²) in [5.74, 6) is 1.46. The molecule has 0 bridgehead atoms. The Morgan fingerprint density at radius 1 is 1.00 bits per heavy atom. The Hall–Kier alpha value is -2.35. The second-order valence-corrected chi connectivity index (χ2v) is 8.44. The van der Waals surface area contributed by atoms with E-state index >= 15 is 0 Å². The molecular weight excluding hydrogens is 409 g/mol. The van der Waals surface area contributed by atoms with Gasteiger partial charge in [0.15, 0.2) is 5.84 Å². The van der Waals surface area contributed by atoms with Gasteiger partial charge in [-0.1, -0.05) is 35.3 Å². The van der Waals surface area contributed by atoms with E-state index in [4.69, 9.17) is 27.9 Å². The van der Waals surface area contributed by atoms with Crippen molar-refractivity contribution >= 4 is 50.8 Å². The monoisotopic (exact) mass is 421 g/mol. The average Bonchev–Trinajstić information content (AvgIpc) is 2.64. The maximum absolute atomic E-state index is 11.9. The molecule has 2 aliphatic rings. The number of hydrogen-bond acceptors (Lipinski definition) is 5. The van der Waals surface area contributed by atoms with Crippen molar-refractivity contribution < 1.29 is 13.2 Å². The molecule has 2 aromatic carbocycles. The van der Waals surface area contributed by atoms with Crippen LogP contribution < -0.4 is 4.74 Å². The highest BCUT2D eigenvalue weighted by atomic mass is 35.5. The highest BCUT2D eigenvalue weighted by Gasteiger charge is 2.28. The molecule has 6 nitrogen and oxygen atoms in total. The SMILES string of the molecule is O=S1(=O)CCN2N=CC=C(c3ccc(Oc4ccc(Cl)c(Cl)c4)cc3)C2=N1. The van der Waals surface area contributed by atoms with Crippen molar-refractivity contribution in [3.05, 3.63) is 64.1 Å². The molecule has 0 fully saturated rings. The number of hydrogen-bond donors (Lipinski definition) is 0. The summed E-state index contributed by atoms with van der Waals surface area (Å²) in [6, 6.07) is 12.3. The van der Waals surface area contributed by atoms with Gasteiger partial charge in [0, 0.05) is 17.9 Å². The zero-order valence-electron chi connectivity index (χ0n) is 13.8. The van der Waals surface area contributed by atoms with Crippen LogP contribution in [0, 0.1) is 0 Å². The normalized spacial score (nSPS) is 17.8. The smallest absolute Gasteiger partial charge is 0.256 e. The highest BCUT2D eigenvalue weighted by molar-refractivity contribution is 7.90. The lowest BCUT2D eigenvalue weighted by Gasteiger charge is -2.27. The van der Waals surface area contributed by atoms with E-state index in [-0.39, 0.29) is 12.3 Å². The first-order valence-corrected chi connectivity index (χ1v) is 10.4. The van der Waals surface area contributed by atoms with Crippen LogP contribution >= 0.6 is 23.2 Å². The molecule has 0 aromatic heterocycles. The zero-order chi connectivity index (χ0) is 19.0. The average molecular weight is 422 g/mol. The van der Waals surface area contributed by atoms with Crippen molar-refractivity contribution in [2.75, 3.05) is 12.3 Å². The topological polar surface area (TPSA) is 71.3 Å². The largest absolute Gasteiger partial charge is 0.457 e. The third-order valence-electron chi connectivity index (χ3n) is 4.01. The number of halogens is 2. The van der Waals surface area contributed by atoms with Crippen LogP contribution in [0.15, 0.2) is 58.0 Å². The molecule has 2 aliphatic heterocycles. The summed E-state index contributed by atoms with van der Waals surface area (Å²) >= 11 is 11.9. The minimum atomic E-state index is -3.47. The first-order valence-electron chi connectivity index (χ1n) is 7.99. The predicted octanol–water partition coefficient (Wildman–Crippen LogP) is 4.21. The quantitative estimate of drug-likeness (QED) is 0.743. The molecule has 0 spiro atoms. The Labute approximate surface area is 166 Å². The fraction of sp³-hybridized carbons (Fsp3) is 0.111. The van der Waals surface area contributed by atoms with E-state index < -0.39 is 10.0 Å². The summed E-state index contributed by atoms with van der Waals surface area (Å²) in [6.07, 6.45) is 3.37. The Balaban J connectivity index is 1.60. The van der Waals surface area contributed by atoms with Gasteiger partial charge < -0.3 is 4.74 Å². The lowest BCUT2D eigenvalue weighted by Crippen LogP contribution is -2.38. The first-order chi connectivity index (χ1) is 12.9. The van der Waals surface area contributed by atoms with E-state index in [0.29, 0.717) is 33.0 Å². The van der Waals surface area contributed by atoms with Crippen molar-refractivity contribution in [2.45, 2.75) is 0 Å². The Bertz CT molecular complexity index is 1090. The Kier molecular flexibility index (Phi) is 4.67.